The summed E-state index contributed by atoms with van der Waals surface area (Å²) in [6, 6.07) is 16.1. The molecule has 4 rings (SSSR count). The number of amides is 1. The van der Waals surface area contributed by atoms with Gasteiger partial charge in [0, 0.05) is 37.5 Å². The van der Waals surface area contributed by atoms with Gasteiger partial charge < -0.3 is 4.90 Å². The number of hydrogen-bond donors (Lipinski definition) is 0. The molecule has 0 fully saturated rings. The van der Waals surface area contributed by atoms with Crippen molar-refractivity contribution in [3.8, 4) is 0 Å². The normalized spacial score (nSPS) is 14.1. The molecule has 0 spiro atoms. The molecule has 0 unspecified atom stereocenters. The first-order valence-electron chi connectivity index (χ1n) is 8.36. The van der Waals surface area contributed by atoms with Crippen molar-refractivity contribution in [2.75, 3.05) is 11.9 Å². The van der Waals surface area contributed by atoms with Crippen LogP contribution in [0.2, 0.25) is 0 Å². The molecule has 2 aromatic heterocycles. The molecule has 6 heteroatoms. The Hall–Kier alpha value is -2.43. The summed E-state index contributed by atoms with van der Waals surface area (Å²) in [5, 5.41) is 0. The average Bonchev–Trinajstić information content (AvgIpc) is 2.86. The standard InChI is InChI=1S/C21H19N3O.2ClH/c1-24-19-5-3-2-4-18(19)21(20(24)25,14-16-6-10-22-11-7-16)15-17-8-12-23-13-9-17;;/h2-13H,14-15H2,1H3;2*1H. The lowest BCUT2D eigenvalue weighted by Gasteiger charge is -2.29. The number of carbonyl (C=O) groups is 1. The SMILES string of the molecule is CN1C(=O)C(Cc2ccncc2)(Cc2ccncc2)c2ccccc21.Cl.Cl. The van der Waals surface area contributed by atoms with E-state index in [9.17, 15) is 4.79 Å². The Balaban J connectivity index is 0.00000131. The van der Waals surface area contributed by atoms with Crippen molar-refractivity contribution in [2.24, 2.45) is 0 Å². The van der Waals surface area contributed by atoms with Gasteiger partial charge in [-0.25, -0.2) is 0 Å². The quantitative estimate of drug-likeness (QED) is 0.662. The Kier molecular flexibility index (Phi) is 6.58. The van der Waals surface area contributed by atoms with Crippen LogP contribution in [0.5, 0.6) is 0 Å². The van der Waals surface area contributed by atoms with Gasteiger partial charge in [-0.2, -0.15) is 0 Å². The molecule has 0 atom stereocenters. The highest BCUT2D eigenvalue weighted by Gasteiger charge is 2.49. The molecule has 0 saturated heterocycles. The molecule has 0 N–H and O–H groups in total. The minimum Gasteiger partial charge on any atom is -0.314 e. The summed E-state index contributed by atoms with van der Waals surface area (Å²) in [6.07, 6.45) is 8.43. The van der Waals surface area contributed by atoms with Crippen molar-refractivity contribution < 1.29 is 4.79 Å². The molecule has 0 bridgehead atoms. The molecule has 0 saturated carbocycles. The summed E-state index contributed by atoms with van der Waals surface area (Å²) in [6.45, 7) is 0. The maximum absolute atomic E-state index is 13.4. The largest absolute Gasteiger partial charge is 0.314 e. The molecule has 1 aliphatic rings. The van der Waals surface area contributed by atoms with Crippen LogP contribution in [-0.2, 0) is 23.1 Å². The third-order valence-corrected chi connectivity index (χ3v) is 5.01. The van der Waals surface area contributed by atoms with Crippen LogP contribution in [0.1, 0.15) is 16.7 Å². The molecule has 0 radical (unpaired) electrons. The van der Waals surface area contributed by atoms with Gasteiger partial charge in [-0.15, -0.1) is 24.8 Å². The molecule has 3 heterocycles. The van der Waals surface area contributed by atoms with Crippen LogP contribution >= 0.6 is 24.8 Å². The number of likely N-dealkylation sites (N-methyl/N-ethyl adjacent to an activating group) is 1. The van der Waals surface area contributed by atoms with Crippen LogP contribution < -0.4 is 4.90 Å². The Morgan fingerprint density at radius 2 is 1.30 bits per heavy atom. The van der Waals surface area contributed by atoms with E-state index in [1.165, 1.54) is 0 Å². The van der Waals surface area contributed by atoms with E-state index in [0.29, 0.717) is 12.8 Å². The van der Waals surface area contributed by atoms with Gasteiger partial charge in [0.1, 0.15) is 0 Å². The van der Waals surface area contributed by atoms with Gasteiger partial charge in [0.15, 0.2) is 0 Å². The van der Waals surface area contributed by atoms with Crippen LogP contribution in [0, 0.1) is 0 Å². The fourth-order valence-corrected chi connectivity index (χ4v) is 3.82. The number of aromatic nitrogens is 2. The monoisotopic (exact) mass is 401 g/mol. The highest BCUT2D eigenvalue weighted by atomic mass is 35.5. The maximum atomic E-state index is 13.4. The first kappa shape index (κ1) is 20.9. The number of pyridine rings is 2. The molecule has 140 valence electrons. The zero-order valence-corrected chi connectivity index (χ0v) is 16.5. The van der Waals surface area contributed by atoms with Gasteiger partial charge in [0.2, 0.25) is 5.91 Å². The smallest absolute Gasteiger partial charge is 0.238 e. The number of carbonyl (C=O) groups excluding carboxylic acids is 1. The second-order valence-electron chi connectivity index (χ2n) is 6.53. The second-order valence-corrected chi connectivity index (χ2v) is 6.53. The Labute approximate surface area is 171 Å². The minimum absolute atomic E-state index is 0. The van der Waals surface area contributed by atoms with Crippen LogP contribution in [-0.4, -0.2) is 22.9 Å². The zero-order valence-electron chi connectivity index (χ0n) is 14.9. The molecule has 0 aliphatic carbocycles. The van der Waals surface area contributed by atoms with Gasteiger partial charge in [-0.05, 0) is 59.9 Å². The van der Waals surface area contributed by atoms with E-state index in [1.807, 2.05) is 49.5 Å². The van der Waals surface area contributed by atoms with E-state index in [-0.39, 0.29) is 30.7 Å². The summed E-state index contributed by atoms with van der Waals surface area (Å²) in [4.78, 5) is 23.4. The zero-order chi connectivity index (χ0) is 17.3. The molecular weight excluding hydrogens is 381 g/mol. The number of halogens is 2. The second kappa shape index (κ2) is 8.51. The van der Waals surface area contributed by atoms with E-state index >= 15 is 0 Å². The summed E-state index contributed by atoms with van der Waals surface area (Å²) >= 11 is 0. The van der Waals surface area contributed by atoms with Gasteiger partial charge in [0.25, 0.3) is 0 Å². The van der Waals surface area contributed by atoms with Crippen molar-refractivity contribution in [1.29, 1.82) is 0 Å². The lowest BCUT2D eigenvalue weighted by molar-refractivity contribution is -0.122. The fraction of sp³-hybridized carbons (Fsp3) is 0.190. The van der Waals surface area contributed by atoms with Gasteiger partial charge in [0.05, 0.1) is 5.41 Å². The summed E-state index contributed by atoms with van der Waals surface area (Å²) in [5.41, 5.74) is 3.71. The molecule has 27 heavy (non-hydrogen) atoms. The van der Waals surface area contributed by atoms with Crippen molar-refractivity contribution in [2.45, 2.75) is 18.3 Å². The fourth-order valence-electron chi connectivity index (χ4n) is 3.82. The topological polar surface area (TPSA) is 46.1 Å². The number of hydrogen-bond acceptors (Lipinski definition) is 3. The van der Waals surface area contributed by atoms with Crippen LogP contribution in [0.25, 0.3) is 0 Å². The van der Waals surface area contributed by atoms with Crippen LogP contribution in [0.4, 0.5) is 5.69 Å². The summed E-state index contributed by atoms with van der Waals surface area (Å²) in [5.74, 6) is 0.141. The highest BCUT2D eigenvalue weighted by molar-refractivity contribution is 6.08. The van der Waals surface area contributed by atoms with E-state index in [1.54, 1.807) is 29.7 Å². The first-order chi connectivity index (χ1) is 12.2. The van der Waals surface area contributed by atoms with E-state index in [4.69, 9.17) is 0 Å². The lowest BCUT2D eigenvalue weighted by atomic mass is 9.72. The van der Waals surface area contributed by atoms with Crippen molar-refractivity contribution in [3.63, 3.8) is 0 Å². The summed E-state index contributed by atoms with van der Waals surface area (Å²) < 4.78 is 0. The van der Waals surface area contributed by atoms with Gasteiger partial charge in [-0.1, -0.05) is 18.2 Å². The number of rotatable bonds is 4. The number of nitrogens with zero attached hydrogens (tertiary/aromatic N) is 3. The van der Waals surface area contributed by atoms with E-state index in [0.717, 1.165) is 22.4 Å². The Morgan fingerprint density at radius 3 is 1.81 bits per heavy atom. The number of para-hydroxylation sites is 1. The average molecular weight is 402 g/mol. The maximum Gasteiger partial charge on any atom is 0.238 e. The Morgan fingerprint density at radius 1 is 0.815 bits per heavy atom. The van der Waals surface area contributed by atoms with Crippen LogP contribution in [0.15, 0.2) is 73.3 Å². The summed E-state index contributed by atoms with van der Waals surface area (Å²) in [7, 11) is 1.86. The number of benzene rings is 1. The third kappa shape index (κ3) is 3.68. The van der Waals surface area contributed by atoms with E-state index in [2.05, 4.69) is 16.0 Å². The molecular formula is C21H21Cl2N3O. The van der Waals surface area contributed by atoms with Crippen LogP contribution in [0.3, 0.4) is 0 Å². The number of anilines is 1. The third-order valence-electron chi connectivity index (χ3n) is 5.01. The minimum atomic E-state index is -0.603. The molecule has 4 nitrogen and oxygen atoms in total. The molecule has 1 aromatic carbocycles. The van der Waals surface area contributed by atoms with Gasteiger partial charge in [-0.3, -0.25) is 14.8 Å². The van der Waals surface area contributed by atoms with Crippen molar-refractivity contribution >= 4 is 36.4 Å². The van der Waals surface area contributed by atoms with Gasteiger partial charge >= 0.3 is 0 Å². The predicted molar refractivity (Wildman–Crippen MR) is 112 cm³/mol. The van der Waals surface area contributed by atoms with Crippen molar-refractivity contribution in [3.05, 3.63) is 90.0 Å². The number of fused-ring (bicyclic) bond motifs is 1. The highest BCUT2D eigenvalue weighted by Crippen LogP contribution is 2.45. The van der Waals surface area contributed by atoms with E-state index < -0.39 is 5.41 Å². The molecule has 1 amide bonds. The predicted octanol–water partition coefficient (Wildman–Crippen LogP) is 4.02. The Bertz CT molecular complexity index is 862. The molecule has 3 aromatic rings. The van der Waals surface area contributed by atoms with Crippen molar-refractivity contribution in [1.82, 2.24) is 9.97 Å². The first-order valence-corrected chi connectivity index (χ1v) is 8.36. The molecule has 1 aliphatic heterocycles. The lowest BCUT2D eigenvalue weighted by Crippen LogP contribution is -2.42.